The number of carbonyl (C=O) groups is 1. The summed E-state index contributed by atoms with van der Waals surface area (Å²) in [6, 6.07) is -0.504. The topological polar surface area (TPSA) is 88.0 Å². The standard InChI is InChI=1S/C12H23NO5/c1-4-8-9(5-14)18-10(6-17-3)11(12(8)16)13-7(2)15/h8-12,14,16H,4-6H2,1-3H3,(H,13,15)/t8?,9?,10-,11?,12?/m1/s1. The summed E-state index contributed by atoms with van der Waals surface area (Å²) < 4.78 is 10.7. The summed E-state index contributed by atoms with van der Waals surface area (Å²) in [5.74, 6) is -0.416. The van der Waals surface area contributed by atoms with Crippen molar-refractivity contribution in [3.8, 4) is 0 Å². The Bertz CT molecular complexity index is 271. The van der Waals surface area contributed by atoms with Crippen LogP contribution in [0, 0.1) is 5.92 Å². The van der Waals surface area contributed by atoms with Gasteiger partial charge in [0.05, 0.1) is 31.5 Å². The van der Waals surface area contributed by atoms with E-state index >= 15 is 0 Å². The van der Waals surface area contributed by atoms with Crippen LogP contribution in [0.5, 0.6) is 0 Å². The van der Waals surface area contributed by atoms with Gasteiger partial charge in [-0.1, -0.05) is 6.92 Å². The molecule has 6 nitrogen and oxygen atoms in total. The molecule has 0 bridgehead atoms. The lowest BCUT2D eigenvalue weighted by Crippen LogP contribution is -2.62. The smallest absolute Gasteiger partial charge is 0.217 e. The van der Waals surface area contributed by atoms with Crippen LogP contribution >= 0.6 is 0 Å². The van der Waals surface area contributed by atoms with E-state index < -0.39 is 24.4 Å². The third-order valence-electron chi connectivity index (χ3n) is 3.39. The van der Waals surface area contributed by atoms with Crippen LogP contribution in [0.1, 0.15) is 20.3 Å². The highest BCUT2D eigenvalue weighted by molar-refractivity contribution is 5.73. The number of rotatable bonds is 5. The Morgan fingerprint density at radius 1 is 1.44 bits per heavy atom. The Morgan fingerprint density at radius 2 is 2.11 bits per heavy atom. The molecule has 4 unspecified atom stereocenters. The number of hydrogen-bond acceptors (Lipinski definition) is 5. The second kappa shape index (κ2) is 7.04. The lowest BCUT2D eigenvalue weighted by atomic mass is 9.83. The third-order valence-corrected chi connectivity index (χ3v) is 3.39. The highest BCUT2D eigenvalue weighted by atomic mass is 16.5. The number of carbonyl (C=O) groups excluding carboxylic acids is 1. The highest BCUT2D eigenvalue weighted by Gasteiger charge is 2.44. The first-order chi connectivity index (χ1) is 8.54. The lowest BCUT2D eigenvalue weighted by Gasteiger charge is -2.44. The molecular weight excluding hydrogens is 238 g/mol. The maximum absolute atomic E-state index is 11.2. The second-order valence-electron chi connectivity index (χ2n) is 4.64. The molecule has 1 aliphatic heterocycles. The van der Waals surface area contributed by atoms with Crippen LogP contribution in [0.2, 0.25) is 0 Å². The van der Waals surface area contributed by atoms with Gasteiger partial charge in [-0.2, -0.15) is 0 Å². The number of aliphatic hydroxyl groups excluding tert-OH is 2. The number of nitrogens with one attached hydrogen (secondary N) is 1. The summed E-state index contributed by atoms with van der Waals surface area (Å²) in [7, 11) is 1.53. The quantitative estimate of drug-likeness (QED) is 0.608. The molecule has 106 valence electrons. The van der Waals surface area contributed by atoms with Gasteiger partial charge in [-0.3, -0.25) is 4.79 Å². The number of ether oxygens (including phenoxy) is 2. The van der Waals surface area contributed by atoms with Gasteiger partial charge in [0.25, 0.3) is 0 Å². The third kappa shape index (κ3) is 3.41. The predicted molar refractivity (Wildman–Crippen MR) is 65.0 cm³/mol. The van der Waals surface area contributed by atoms with Crippen molar-refractivity contribution < 1.29 is 24.5 Å². The van der Waals surface area contributed by atoms with Gasteiger partial charge in [-0.05, 0) is 6.42 Å². The van der Waals surface area contributed by atoms with E-state index in [0.29, 0.717) is 6.42 Å². The average molecular weight is 261 g/mol. The lowest BCUT2D eigenvalue weighted by molar-refractivity contribution is -0.182. The van der Waals surface area contributed by atoms with Crippen LogP contribution in [-0.4, -0.2) is 60.8 Å². The molecule has 18 heavy (non-hydrogen) atoms. The fourth-order valence-corrected chi connectivity index (χ4v) is 2.52. The molecule has 1 saturated heterocycles. The van der Waals surface area contributed by atoms with Crippen molar-refractivity contribution in [1.29, 1.82) is 0 Å². The molecule has 1 rings (SSSR count). The number of methoxy groups -OCH3 is 1. The molecule has 1 aliphatic rings. The van der Waals surface area contributed by atoms with Crippen molar-refractivity contribution in [3.05, 3.63) is 0 Å². The molecule has 0 aliphatic carbocycles. The van der Waals surface area contributed by atoms with E-state index in [0.717, 1.165) is 0 Å². The van der Waals surface area contributed by atoms with Crippen LogP contribution < -0.4 is 5.32 Å². The monoisotopic (exact) mass is 261 g/mol. The summed E-state index contributed by atoms with van der Waals surface area (Å²) in [4.78, 5) is 11.2. The highest BCUT2D eigenvalue weighted by Crippen LogP contribution is 2.28. The second-order valence-corrected chi connectivity index (χ2v) is 4.64. The zero-order chi connectivity index (χ0) is 13.7. The molecule has 1 heterocycles. The molecule has 0 saturated carbocycles. The molecule has 1 fully saturated rings. The summed E-state index contributed by atoms with van der Waals surface area (Å²) in [5, 5.41) is 22.3. The molecule has 5 atom stereocenters. The normalized spacial score (nSPS) is 36.4. The van der Waals surface area contributed by atoms with Crippen molar-refractivity contribution in [3.63, 3.8) is 0 Å². The van der Waals surface area contributed by atoms with Crippen LogP contribution in [0.15, 0.2) is 0 Å². The minimum Gasteiger partial charge on any atom is -0.394 e. The van der Waals surface area contributed by atoms with Crippen molar-refractivity contribution in [2.45, 2.75) is 44.6 Å². The molecule has 3 N–H and O–H groups in total. The van der Waals surface area contributed by atoms with Gasteiger partial charge in [-0.15, -0.1) is 0 Å². The zero-order valence-corrected chi connectivity index (χ0v) is 11.1. The molecule has 0 aromatic heterocycles. The van der Waals surface area contributed by atoms with Gasteiger partial charge in [-0.25, -0.2) is 0 Å². The molecule has 1 amide bonds. The Balaban J connectivity index is 2.84. The molecule has 0 aromatic carbocycles. The zero-order valence-electron chi connectivity index (χ0n) is 11.1. The van der Waals surface area contributed by atoms with Crippen molar-refractivity contribution >= 4 is 5.91 Å². The van der Waals surface area contributed by atoms with E-state index in [1.54, 1.807) is 0 Å². The molecule has 0 spiro atoms. The van der Waals surface area contributed by atoms with Gasteiger partial charge in [0, 0.05) is 20.0 Å². The van der Waals surface area contributed by atoms with Gasteiger partial charge >= 0.3 is 0 Å². The van der Waals surface area contributed by atoms with E-state index in [4.69, 9.17) is 9.47 Å². The first kappa shape index (κ1) is 15.4. The Morgan fingerprint density at radius 3 is 2.56 bits per heavy atom. The van der Waals surface area contributed by atoms with Crippen molar-refractivity contribution in [2.24, 2.45) is 5.92 Å². The number of aliphatic hydroxyl groups is 2. The minimum atomic E-state index is -0.745. The van der Waals surface area contributed by atoms with Gasteiger partial charge in [0.2, 0.25) is 5.91 Å². The maximum atomic E-state index is 11.2. The predicted octanol–water partition coefficient (Wildman–Crippen LogP) is -0.716. The largest absolute Gasteiger partial charge is 0.394 e. The van der Waals surface area contributed by atoms with Crippen LogP contribution in [-0.2, 0) is 14.3 Å². The Hall–Kier alpha value is -0.690. The van der Waals surface area contributed by atoms with Crippen LogP contribution in [0.25, 0.3) is 0 Å². The van der Waals surface area contributed by atoms with Crippen molar-refractivity contribution in [1.82, 2.24) is 5.32 Å². The van der Waals surface area contributed by atoms with Gasteiger partial charge in [0.15, 0.2) is 0 Å². The maximum Gasteiger partial charge on any atom is 0.217 e. The SMILES string of the molecule is CCC1C(CO)O[C@H](COC)C(NC(C)=O)C1O. The van der Waals surface area contributed by atoms with Crippen molar-refractivity contribution in [2.75, 3.05) is 20.3 Å². The molecule has 0 aromatic rings. The summed E-state index contributed by atoms with van der Waals surface area (Å²) in [6.45, 7) is 3.43. The molecule has 6 heteroatoms. The number of hydrogen-bond donors (Lipinski definition) is 3. The minimum absolute atomic E-state index is 0.150. The first-order valence-electron chi connectivity index (χ1n) is 6.25. The van der Waals surface area contributed by atoms with Gasteiger partial charge in [0.1, 0.15) is 6.10 Å². The van der Waals surface area contributed by atoms with Crippen LogP contribution in [0.3, 0.4) is 0 Å². The van der Waals surface area contributed by atoms with E-state index in [1.807, 2.05) is 6.92 Å². The number of amides is 1. The van der Waals surface area contributed by atoms with E-state index in [9.17, 15) is 15.0 Å². The fourth-order valence-electron chi connectivity index (χ4n) is 2.52. The fraction of sp³-hybridized carbons (Fsp3) is 0.917. The van der Waals surface area contributed by atoms with Gasteiger partial charge < -0.3 is 25.0 Å². The summed E-state index contributed by atoms with van der Waals surface area (Å²) in [6.07, 6.45) is -0.948. The summed E-state index contributed by atoms with van der Waals surface area (Å²) >= 11 is 0. The summed E-state index contributed by atoms with van der Waals surface area (Å²) in [5.41, 5.74) is 0. The van der Waals surface area contributed by atoms with E-state index in [1.165, 1.54) is 14.0 Å². The average Bonchev–Trinajstić information content (AvgIpc) is 2.33. The molecular formula is C12H23NO5. The Labute approximate surface area is 107 Å². The Kier molecular flexibility index (Phi) is 6.01. The van der Waals surface area contributed by atoms with E-state index in [2.05, 4.69) is 5.32 Å². The first-order valence-corrected chi connectivity index (χ1v) is 6.25. The molecule has 0 radical (unpaired) electrons. The van der Waals surface area contributed by atoms with Crippen LogP contribution in [0.4, 0.5) is 0 Å². The van der Waals surface area contributed by atoms with E-state index in [-0.39, 0.29) is 25.0 Å².